The van der Waals surface area contributed by atoms with Crippen LogP contribution in [0.3, 0.4) is 0 Å². The van der Waals surface area contributed by atoms with Gasteiger partial charge in [0.05, 0.1) is 18.2 Å². The maximum Gasteiger partial charge on any atom is 0.416 e. The molecule has 0 fully saturated rings. The fraction of sp³-hybridized carbons (Fsp3) is 0.273. The number of aliphatic hydroxyl groups excluding tert-OH is 1. The van der Waals surface area contributed by atoms with Crippen molar-refractivity contribution >= 4 is 17.5 Å². The molecule has 196 valence electrons. The van der Waals surface area contributed by atoms with E-state index in [1.807, 2.05) is 0 Å². The largest absolute Gasteiger partial charge is 0.416 e. The van der Waals surface area contributed by atoms with Crippen molar-refractivity contribution in [1.29, 1.82) is 5.26 Å². The quantitative estimate of drug-likeness (QED) is 0.438. The molecule has 0 saturated heterocycles. The number of aromatic nitrogens is 3. The minimum atomic E-state index is -5.05. The molecule has 37 heavy (non-hydrogen) atoms. The predicted octanol–water partition coefficient (Wildman–Crippen LogP) is 3.69. The first-order chi connectivity index (χ1) is 17.2. The average Bonchev–Trinajstić information content (AvgIpc) is 3.11. The van der Waals surface area contributed by atoms with E-state index in [0.717, 1.165) is 12.1 Å². The van der Waals surface area contributed by atoms with Crippen molar-refractivity contribution in [3.63, 3.8) is 0 Å². The molecule has 0 radical (unpaired) electrons. The van der Waals surface area contributed by atoms with Crippen LogP contribution in [-0.2, 0) is 24.1 Å². The molecule has 0 aliphatic heterocycles. The second kappa shape index (κ2) is 10.7. The summed E-state index contributed by atoms with van der Waals surface area (Å²) in [6.07, 6.45) is -12.7. The summed E-state index contributed by atoms with van der Waals surface area (Å²) in [6.45, 7) is -2.11. The van der Waals surface area contributed by atoms with E-state index in [0.29, 0.717) is 15.3 Å². The number of alkyl halides is 6. The van der Waals surface area contributed by atoms with Crippen LogP contribution in [0.4, 0.5) is 26.3 Å². The number of rotatable bonds is 7. The lowest BCUT2D eigenvalue weighted by atomic mass is 10.0. The number of nitrogens with one attached hydrogen (secondary N) is 1. The van der Waals surface area contributed by atoms with Crippen LogP contribution in [0.2, 0.25) is 5.02 Å². The molecular weight excluding hydrogens is 532 g/mol. The number of carbonyl (C=O) groups excluding carboxylic acids is 1. The van der Waals surface area contributed by atoms with E-state index < -0.39 is 54.7 Å². The normalized spacial score (nSPS) is 13.6. The van der Waals surface area contributed by atoms with E-state index in [2.05, 4.69) is 10.4 Å². The van der Waals surface area contributed by atoms with Gasteiger partial charge in [-0.2, -0.15) is 31.6 Å². The number of aliphatic hydroxyl groups is 1. The number of carbonyl (C=O) groups is 1. The van der Waals surface area contributed by atoms with Gasteiger partial charge in [0, 0.05) is 10.6 Å². The summed E-state index contributed by atoms with van der Waals surface area (Å²) in [4.78, 5) is 25.3. The van der Waals surface area contributed by atoms with Gasteiger partial charge in [-0.3, -0.25) is 9.36 Å². The Kier molecular flexibility index (Phi) is 7.99. The first kappa shape index (κ1) is 27.8. The van der Waals surface area contributed by atoms with E-state index in [9.17, 15) is 46.3 Å². The first-order valence-corrected chi connectivity index (χ1v) is 10.6. The highest BCUT2D eigenvalue weighted by molar-refractivity contribution is 6.30. The lowest BCUT2D eigenvalue weighted by Crippen LogP contribution is -2.39. The second-order valence-electron chi connectivity index (χ2n) is 7.69. The molecule has 0 unspecified atom stereocenters. The third-order valence-corrected chi connectivity index (χ3v) is 5.29. The number of benzene rings is 2. The summed E-state index contributed by atoms with van der Waals surface area (Å²) in [5.74, 6) is -1.35. The van der Waals surface area contributed by atoms with Crippen LogP contribution in [0, 0.1) is 11.3 Å². The second-order valence-corrected chi connectivity index (χ2v) is 8.13. The van der Waals surface area contributed by atoms with Gasteiger partial charge in [0.25, 0.3) is 0 Å². The molecule has 0 aliphatic rings. The average molecular weight is 548 g/mol. The van der Waals surface area contributed by atoms with Crippen LogP contribution in [0.25, 0.3) is 11.4 Å². The van der Waals surface area contributed by atoms with Crippen LogP contribution in [0.15, 0.2) is 53.3 Å². The predicted molar refractivity (Wildman–Crippen MR) is 117 cm³/mol. The summed E-state index contributed by atoms with van der Waals surface area (Å²) in [5, 5.41) is 25.2. The Balaban J connectivity index is 1.90. The zero-order valence-corrected chi connectivity index (χ0v) is 19.1. The first-order valence-electron chi connectivity index (χ1n) is 10.2. The molecule has 3 rings (SSSR count). The number of amides is 1. The number of hydrogen-bond donors (Lipinski definition) is 2. The third kappa shape index (κ3) is 6.69. The van der Waals surface area contributed by atoms with E-state index in [-0.39, 0.29) is 22.0 Å². The molecule has 2 aromatic carbocycles. The maximum absolute atomic E-state index is 13.0. The number of halogens is 7. The van der Waals surface area contributed by atoms with Gasteiger partial charge in [0.1, 0.15) is 12.6 Å². The highest BCUT2D eigenvalue weighted by Gasteiger charge is 2.39. The Labute approximate surface area is 209 Å². The topological polar surface area (TPSA) is 113 Å². The Morgan fingerprint density at radius 3 is 2.35 bits per heavy atom. The summed E-state index contributed by atoms with van der Waals surface area (Å²) in [6, 6.07) is 9.24. The monoisotopic (exact) mass is 547 g/mol. The smallest absolute Gasteiger partial charge is 0.382 e. The van der Waals surface area contributed by atoms with Crippen molar-refractivity contribution in [1.82, 2.24) is 19.7 Å². The highest BCUT2D eigenvalue weighted by atomic mass is 35.5. The molecule has 0 spiro atoms. The zero-order valence-electron chi connectivity index (χ0n) is 18.4. The molecule has 1 amide bonds. The van der Waals surface area contributed by atoms with Crippen molar-refractivity contribution in [2.45, 2.75) is 37.6 Å². The van der Waals surface area contributed by atoms with Gasteiger partial charge in [-0.1, -0.05) is 23.7 Å². The minimum absolute atomic E-state index is 0.147. The van der Waals surface area contributed by atoms with Gasteiger partial charge in [0.15, 0.2) is 11.9 Å². The SMILES string of the molecule is N#C[C@@H](NC(=O)Cn1nc(-c2ccc(Cl)cc2)n(C[C@H](O)C(F)(F)F)c1=O)c1cccc(C(F)(F)F)c1. The van der Waals surface area contributed by atoms with Crippen LogP contribution < -0.4 is 11.0 Å². The molecule has 0 bridgehead atoms. The Morgan fingerprint density at radius 1 is 1.14 bits per heavy atom. The molecule has 2 N–H and O–H groups in total. The Morgan fingerprint density at radius 2 is 1.78 bits per heavy atom. The molecule has 2 atom stereocenters. The van der Waals surface area contributed by atoms with Crippen molar-refractivity contribution in [2.75, 3.05) is 0 Å². The Hall–Kier alpha value is -3.83. The fourth-order valence-corrected chi connectivity index (χ4v) is 3.35. The zero-order chi connectivity index (χ0) is 27.5. The van der Waals surface area contributed by atoms with Crippen molar-refractivity contribution < 1.29 is 36.2 Å². The summed E-state index contributed by atoms with van der Waals surface area (Å²) >= 11 is 5.81. The van der Waals surface area contributed by atoms with Crippen molar-refractivity contribution in [3.05, 3.63) is 75.2 Å². The highest BCUT2D eigenvalue weighted by Crippen LogP contribution is 2.30. The van der Waals surface area contributed by atoms with Gasteiger partial charge in [-0.15, -0.1) is 5.10 Å². The summed E-state index contributed by atoms with van der Waals surface area (Å²) < 4.78 is 78.8. The molecule has 0 saturated carbocycles. The maximum atomic E-state index is 13.0. The molecule has 1 heterocycles. The molecule has 3 aromatic rings. The van der Waals surface area contributed by atoms with Crippen LogP contribution in [0.1, 0.15) is 17.2 Å². The van der Waals surface area contributed by atoms with Crippen LogP contribution in [0.5, 0.6) is 0 Å². The molecule has 15 heteroatoms. The number of hydrogen-bond acceptors (Lipinski definition) is 5. The molecule has 0 aliphatic carbocycles. The van der Waals surface area contributed by atoms with Gasteiger partial charge in [-0.05, 0) is 42.0 Å². The van der Waals surface area contributed by atoms with Crippen LogP contribution >= 0.6 is 11.6 Å². The minimum Gasteiger partial charge on any atom is -0.382 e. The lowest BCUT2D eigenvalue weighted by molar-refractivity contribution is -0.207. The number of nitriles is 1. The van der Waals surface area contributed by atoms with E-state index >= 15 is 0 Å². The van der Waals surface area contributed by atoms with Crippen molar-refractivity contribution in [3.8, 4) is 17.5 Å². The molecule has 1 aromatic heterocycles. The van der Waals surface area contributed by atoms with Gasteiger partial charge < -0.3 is 10.4 Å². The lowest BCUT2D eigenvalue weighted by Gasteiger charge is -2.15. The third-order valence-electron chi connectivity index (χ3n) is 5.03. The Bertz CT molecular complexity index is 1380. The number of nitrogens with zero attached hydrogens (tertiary/aromatic N) is 4. The van der Waals surface area contributed by atoms with Gasteiger partial charge in [0.2, 0.25) is 5.91 Å². The van der Waals surface area contributed by atoms with E-state index in [4.69, 9.17) is 11.6 Å². The van der Waals surface area contributed by atoms with Gasteiger partial charge >= 0.3 is 18.0 Å². The van der Waals surface area contributed by atoms with E-state index in [1.54, 1.807) is 6.07 Å². The summed E-state index contributed by atoms with van der Waals surface area (Å²) in [7, 11) is 0. The fourth-order valence-electron chi connectivity index (χ4n) is 3.22. The molecular formula is C22H16ClF6N5O3. The van der Waals surface area contributed by atoms with Gasteiger partial charge in [-0.25, -0.2) is 9.48 Å². The van der Waals surface area contributed by atoms with E-state index in [1.165, 1.54) is 30.3 Å². The summed E-state index contributed by atoms with van der Waals surface area (Å²) in [5.41, 5.74) is -2.27. The molecule has 8 nitrogen and oxygen atoms in total. The van der Waals surface area contributed by atoms with Crippen molar-refractivity contribution in [2.24, 2.45) is 0 Å². The standard InChI is InChI=1S/C22H16ClF6N5O3/c23-15-6-4-12(5-7-15)19-32-34(20(37)33(19)10-17(35)22(27,28)29)11-18(36)31-16(9-30)13-2-1-3-14(8-13)21(24,25)26/h1-8,16-17,35H,10-11H2,(H,31,36)/t16-,17+/m1/s1. The van der Waals surface area contributed by atoms with Crippen LogP contribution in [-0.4, -0.2) is 37.6 Å².